The van der Waals surface area contributed by atoms with E-state index in [0.29, 0.717) is 6.54 Å². The highest BCUT2D eigenvalue weighted by molar-refractivity contribution is 5.94. The van der Waals surface area contributed by atoms with E-state index >= 15 is 0 Å². The quantitative estimate of drug-likeness (QED) is 0.676. The number of benzene rings is 2. The lowest BCUT2D eigenvalue weighted by Crippen LogP contribution is -2.39. The van der Waals surface area contributed by atoms with Crippen LogP contribution in [0.3, 0.4) is 0 Å². The van der Waals surface area contributed by atoms with Gasteiger partial charge in [0.25, 0.3) is 5.69 Å². The van der Waals surface area contributed by atoms with Gasteiger partial charge >= 0.3 is 0 Å². The monoisotopic (exact) mass is 325 g/mol. The van der Waals surface area contributed by atoms with Crippen LogP contribution in [0.5, 0.6) is 0 Å². The minimum absolute atomic E-state index is 0.0240. The summed E-state index contributed by atoms with van der Waals surface area (Å²) in [5, 5.41) is 13.8. The Morgan fingerprint density at radius 2 is 2.00 bits per heavy atom. The number of para-hydroxylation sites is 1. The van der Waals surface area contributed by atoms with Gasteiger partial charge in [0.15, 0.2) is 0 Å². The van der Waals surface area contributed by atoms with Crippen LogP contribution in [0.1, 0.15) is 18.4 Å². The van der Waals surface area contributed by atoms with E-state index in [0.717, 1.165) is 30.6 Å². The number of nitro groups is 1. The molecule has 1 heterocycles. The number of carbonyl (C=O) groups is 1. The van der Waals surface area contributed by atoms with Gasteiger partial charge in [-0.05, 0) is 37.1 Å². The lowest BCUT2D eigenvalue weighted by Gasteiger charge is -2.23. The van der Waals surface area contributed by atoms with Gasteiger partial charge in [0.1, 0.15) is 0 Å². The Morgan fingerprint density at radius 3 is 2.75 bits per heavy atom. The molecule has 1 atom stereocenters. The van der Waals surface area contributed by atoms with Gasteiger partial charge in [0, 0.05) is 24.4 Å². The Hall–Kier alpha value is -2.73. The predicted octanol–water partition coefficient (Wildman–Crippen LogP) is 3.20. The molecule has 1 saturated heterocycles. The van der Waals surface area contributed by atoms with Crippen molar-refractivity contribution < 1.29 is 9.72 Å². The zero-order valence-corrected chi connectivity index (χ0v) is 13.2. The van der Waals surface area contributed by atoms with Gasteiger partial charge in [-0.1, -0.05) is 30.3 Å². The van der Waals surface area contributed by atoms with E-state index in [2.05, 4.69) is 10.2 Å². The normalized spacial score (nSPS) is 17.6. The first kappa shape index (κ1) is 16.1. The van der Waals surface area contributed by atoms with E-state index in [4.69, 9.17) is 0 Å². The standard InChI is InChI=1S/C18H19N3O3/c22-18(19-15-7-2-1-3-8-15)17-10-5-11-20(17)13-14-6-4-9-16(12-14)21(23)24/h1-4,6-9,12,17H,5,10-11,13H2,(H,19,22)/t17-/m1/s1. The molecule has 1 fully saturated rings. The Bertz CT molecular complexity index is 733. The van der Waals surface area contributed by atoms with Crippen molar-refractivity contribution >= 4 is 17.3 Å². The van der Waals surface area contributed by atoms with Crippen LogP contribution in [0.4, 0.5) is 11.4 Å². The van der Waals surface area contributed by atoms with Gasteiger partial charge in [0.2, 0.25) is 5.91 Å². The van der Waals surface area contributed by atoms with Crippen molar-refractivity contribution in [2.45, 2.75) is 25.4 Å². The van der Waals surface area contributed by atoms with Crippen molar-refractivity contribution in [2.75, 3.05) is 11.9 Å². The third-order valence-corrected chi connectivity index (χ3v) is 4.21. The summed E-state index contributed by atoms with van der Waals surface area (Å²) in [4.78, 5) is 25.1. The number of likely N-dealkylation sites (tertiary alicyclic amines) is 1. The van der Waals surface area contributed by atoms with E-state index in [-0.39, 0.29) is 17.6 Å². The number of nitrogens with one attached hydrogen (secondary N) is 1. The second kappa shape index (κ2) is 7.23. The second-order valence-electron chi connectivity index (χ2n) is 5.91. The predicted molar refractivity (Wildman–Crippen MR) is 91.6 cm³/mol. The maximum atomic E-state index is 12.5. The van der Waals surface area contributed by atoms with Crippen molar-refractivity contribution in [2.24, 2.45) is 0 Å². The van der Waals surface area contributed by atoms with Gasteiger partial charge in [0.05, 0.1) is 11.0 Å². The topological polar surface area (TPSA) is 75.5 Å². The molecule has 0 aliphatic carbocycles. The number of hydrogen-bond donors (Lipinski definition) is 1. The van der Waals surface area contributed by atoms with E-state index in [1.54, 1.807) is 12.1 Å². The summed E-state index contributed by atoms with van der Waals surface area (Å²) in [5.41, 5.74) is 1.71. The van der Waals surface area contributed by atoms with E-state index < -0.39 is 4.92 Å². The molecule has 2 aromatic carbocycles. The van der Waals surface area contributed by atoms with E-state index in [9.17, 15) is 14.9 Å². The minimum Gasteiger partial charge on any atom is -0.325 e. The molecule has 24 heavy (non-hydrogen) atoms. The van der Waals surface area contributed by atoms with Crippen molar-refractivity contribution in [1.82, 2.24) is 4.90 Å². The Balaban J connectivity index is 1.68. The number of hydrogen-bond acceptors (Lipinski definition) is 4. The lowest BCUT2D eigenvalue weighted by atomic mass is 10.1. The molecule has 2 aromatic rings. The largest absolute Gasteiger partial charge is 0.325 e. The van der Waals surface area contributed by atoms with Crippen LogP contribution in [-0.4, -0.2) is 28.3 Å². The highest BCUT2D eigenvalue weighted by Crippen LogP contribution is 2.23. The van der Waals surface area contributed by atoms with Gasteiger partial charge < -0.3 is 5.32 Å². The molecule has 0 bridgehead atoms. The third-order valence-electron chi connectivity index (χ3n) is 4.21. The van der Waals surface area contributed by atoms with Crippen LogP contribution >= 0.6 is 0 Å². The molecular weight excluding hydrogens is 306 g/mol. The molecule has 1 N–H and O–H groups in total. The number of rotatable bonds is 5. The average molecular weight is 325 g/mol. The molecule has 0 unspecified atom stereocenters. The first-order chi connectivity index (χ1) is 11.6. The summed E-state index contributed by atoms with van der Waals surface area (Å²) in [7, 11) is 0. The third kappa shape index (κ3) is 3.78. The van der Waals surface area contributed by atoms with Crippen LogP contribution in [-0.2, 0) is 11.3 Å². The van der Waals surface area contributed by atoms with Gasteiger partial charge in [-0.15, -0.1) is 0 Å². The zero-order chi connectivity index (χ0) is 16.9. The molecule has 1 aliphatic rings. The average Bonchev–Trinajstić information content (AvgIpc) is 3.04. The molecule has 0 radical (unpaired) electrons. The number of carbonyl (C=O) groups excluding carboxylic acids is 1. The van der Waals surface area contributed by atoms with Crippen molar-refractivity contribution in [3.63, 3.8) is 0 Å². The first-order valence-electron chi connectivity index (χ1n) is 7.97. The number of non-ortho nitro benzene ring substituents is 1. The van der Waals surface area contributed by atoms with Crippen LogP contribution in [0.2, 0.25) is 0 Å². The number of nitrogens with zero attached hydrogens (tertiary/aromatic N) is 2. The maximum absolute atomic E-state index is 12.5. The summed E-state index contributed by atoms with van der Waals surface area (Å²) in [6, 6.07) is 15.8. The lowest BCUT2D eigenvalue weighted by molar-refractivity contribution is -0.384. The molecular formula is C18H19N3O3. The maximum Gasteiger partial charge on any atom is 0.269 e. The van der Waals surface area contributed by atoms with Gasteiger partial charge in [-0.2, -0.15) is 0 Å². The summed E-state index contributed by atoms with van der Waals surface area (Å²) < 4.78 is 0. The molecule has 6 heteroatoms. The van der Waals surface area contributed by atoms with Gasteiger partial charge in [-0.25, -0.2) is 0 Å². The van der Waals surface area contributed by atoms with Crippen LogP contribution in [0.15, 0.2) is 54.6 Å². The fourth-order valence-corrected chi connectivity index (χ4v) is 3.06. The fourth-order valence-electron chi connectivity index (χ4n) is 3.06. The van der Waals surface area contributed by atoms with Crippen molar-refractivity contribution in [3.05, 3.63) is 70.3 Å². The molecule has 3 rings (SSSR count). The number of amides is 1. The number of nitro benzene ring substituents is 1. The zero-order valence-electron chi connectivity index (χ0n) is 13.2. The summed E-state index contributed by atoms with van der Waals surface area (Å²) in [6.07, 6.45) is 1.75. The summed E-state index contributed by atoms with van der Waals surface area (Å²) >= 11 is 0. The molecule has 1 amide bonds. The van der Waals surface area contributed by atoms with Crippen LogP contribution in [0, 0.1) is 10.1 Å². The minimum atomic E-state index is -0.396. The Labute approximate surface area is 140 Å². The van der Waals surface area contributed by atoms with Crippen LogP contribution in [0.25, 0.3) is 0 Å². The molecule has 0 spiro atoms. The van der Waals surface area contributed by atoms with Crippen LogP contribution < -0.4 is 5.32 Å². The first-order valence-corrected chi connectivity index (χ1v) is 7.97. The second-order valence-corrected chi connectivity index (χ2v) is 5.91. The van der Waals surface area contributed by atoms with E-state index in [1.165, 1.54) is 6.07 Å². The highest BCUT2D eigenvalue weighted by Gasteiger charge is 2.30. The molecule has 124 valence electrons. The molecule has 0 aromatic heterocycles. The smallest absolute Gasteiger partial charge is 0.269 e. The van der Waals surface area contributed by atoms with Crippen molar-refractivity contribution in [1.29, 1.82) is 0 Å². The SMILES string of the molecule is O=C(Nc1ccccc1)[C@H]1CCCN1Cc1cccc([N+](=O)[O-])c1. The highest BCUT2D eigenvalue weighted by atomic mass is 16.6. The van der Waals surface area contributed by atoms with E-state index in [1.807, 2.05) is 36.4 Å². The summed E-state index contributed by atoms with van der Waals surface area (Å²) in [6.45, 7) is 1.35. The number of anilines is 1. The summed E-state index contributed by atoms with van der Waals surface area (Å²) in [5.74, 6) is -0.0240. The fraction of sp³-hybridized carbons (Fsp3) is 0.278. The Morgan fingerprint density at radius 1 is 1.21 bits per heavy atom. The molecule has 1 aliphatic heterocycles. The van der Waals surface area contributed by atoms with Gasteiger partial charge in [-0.3, -0.25) is 19.8 Å². The Kier molecular flexibility index (Phi) is 4.86. The molecule has 0 saturated carbocycles. The van der Waals surface area contributed by atoms with Crippen molar-refractivity contribution in [3.8, 4) is 0 Å². The molecule has 6 nitrogen and oxygen atoms in total.